The van der Waals surface area contributed by atoms with Crippen LogP contribution in [0.25, 0.3) is 5.82 Å². The van der Waals surface area contributed by atoms with Gasteiger partial charge in [0.1, 0.15) is 10.3 Å². The molecule has 0 aliphatic carbocycles. The van der Waals surface area contributed by atoms with Gasteiger partial charge in [0.15, 0.2) is 12.1 Å². The van der Waals surface area contributed by atoms with E-state index in [-0.39, 0.29) is 37.8 Å². The van der Waals surface area contributed by atoms with Crippen LogP contribution in [0.4, 0.5) is 5.69 Å². The van der Waals surface area contributed by atoms with Gasteiger partial charge in [0.05, 0.1) is 20.8 Å². The van der Waals surface area contributed by atoms with Gasteiger partial charge < -0.3 is 5.32 Å². The number of halogens is 5. The van der Waals surface area contributed by atoms with Gasteiger partial charge in [-0.2, -0.15) is 5.10 Å². The number of carbonyl (C=O) groups is 2. The minimum Gasteiger partial charge on any atom is -0.319 e. The minimum absolute atomic E-state index is 0.0986. The van der Waals surface area contributed by atoms with Crippen LogP contribution in [0, 0.1) is 0 Å². The maximum absolute atomic E-state index is 12.8. The van der Waals surface area contributed by atoms with Gasteiger partial charge in [-0.3, -0.25) is 9.59 Å². The van der Waals surface area contributed by atoms with E-state index in [0.29, 0.717) is 15.9 Å². The predicted molar refractivity (Wildman–Crippen MR) is 109 cm³/mol. The van der Waals surface area contributed by atoms with Crippen molar-refractivity contribution in [2.24, 2.45) is 0 Å². The van der Waals surface area contributed by atoms with Crippen molar-refractivity contribution in [2.45, 2.75) is 0 Å². The average Bonchev–Trinajstić information content (AvgIpc) is 2.98. The molecule has 3 aromatic rings. The molecule has 1 amide bonds. The average molecular weight is 509 g/mol. The summed E-state index contributed by atoms with van der Waals surface area (Å²) in [6.07, 6.45) is 1.92. The molecule has 3 rings (SSSR count). The number of hydrogen-bond acceptors (Lipinski definition) is 4. The fourth-order valence-electron chi connectivity index (χ4n) is 2.23. The number of nitrogens with one attached hydrogen (secondary N) is 1. The summed E-state index contributed by atoms with van der Waals surface area (Å²) in [4.78, 5) is 28.2. The maximum atomic E-state index is 12.8. The summed E-state index contributed by atoms with van der Waals surface area (Å²) in [7, 11) is 0. The van der Waals surface area contributed by atoms with Crippen molar-refractivity contribution in [1.82, 2.24) is 14.8 Å². The van der Waals surface area contributed by atoms with E-state index in [1.807, 2.05) is 0 Å². The lowest BCUT2D eigenvalue weighted by Crippen LogP contribution is -2.19. The van der Waals surface area contributed by atoms with E-state index in [0.717, 1.165) is 0 Å². The minimum atomic E-state index is -0.590. The van der Waals surface area contributed by atoms with Gasteiger partial charge in [0, 0.05) is 22.8 Å². The molecule has 0 atom stereocenters. The molecule has 138 valence electrons. The van der Waals surface area contributed by atoms with E-state index in [1.54, 1.807) is 0 Å². The summed E-state index contributed by atoms with van der Waals surface area (Å²) >= 11 is 27.2. The van der Waals surface area contributed by atoms with Gasteiger partial charge in [0.25, 0.3) is 5.91 Å². The van der Waals surface area contributed by atoms with E-state index in [4.69, 9.17) is 46.4 Å². The molecule has 0 aliphatic heterocycles. The zero-order valence-electron chi connectivity index (χ0n) is 13.0. The lowest BCUT2D eigenvalue weighted by atomic mass is 10.2. The van der Waals surface area contributed by atoms with Crippen LogP contribution in [0.2, 0.25) is 20.1 Å². The third kappa shape index (κ3) is 4.28. The second-order valence-corrected chi connectivity index (χ2v) is 7.65. The molecule has 0 fully saturated rings. The highest BCUT2D eigenvalue weighted by molar-refractivity contribution is 9.10. The molecule has 1 N–H and O–H groups in total. The summed E-state index contributed by atoms with van der Waals surface area (Å²) in [5.74, 6) is -0.386. The van der Waals surface area contributed by atoms with Crippen LogP contribution in [0.1, 0.15) is 20.8 Å². The summed E-state index contributed by atoms with van der Waals surface area (Å²) in [5, 5.41) is 7.68. The van der Waals surface area contributed by atoms with Gasteiger partial charge >= 0.3 is 0 Å². The molecule has 2 heterocycles. The predicted octanol–water partition coefficient (Wildman–Crippen LogP) is 5.71. The number of hydrogen-bond donors (Lipinski definition) is 1. The lowest BCUT2D eigenvalue weighted by Gasteiger charge is -2.12. The van der Waals surface area contributed by atoms with E-state index in [2.05, 4.69) is 31.3 Å². The number of amides is 1. The molecule has 0 saturated heterocycles. The summed E-state index contributed by atoms with van der Waals surface area (Å²) in [6, 6.07) is 5.74. The fraction of sp³-hybridized carbons (Fsp3) is 0. The fourth-order valence-corrected chi connectivity index (χ4v) is 3.63. The highest BCUT2D eigenvalue weighted by Gasteiger charge is 2.21. The molecule has 0 spiro atoms. The second kappa shape index (κ2) is 8.16. The Kier molecular flexibility index (Phi) is 6.08. The van der Waals surface area contributed by atoms with Crippen molar-refractivity contribution in [1.29, 1.82) is 0 Å². The highest BCUT2D eigenvalue weighted by atomic mass is 79.9. The topological polar surface area (TPSA) is 76.9 Å². The van der Waals surface area contributed by atoms with Gasteiger partial charge in [-0.05, 0) is 34.1 Å². The SMILES string of the molecule is O=Cc1cc(Cl)cc(Cl)c1NC(=O)c1cc(Br)nn1-c1ncc(Cl)cc1Cl. The Bertz CT molecular complexity index is 1070. The van der Waals surface area contributed by atoms with Crippen LogP contribution < -0.4 is 5.32 Å². The van der Waals surface area contributed by atoms with Crippen LogP contribution in [0.3, 0.4) is 0 Å². The first-order valence-corrected chi connectivity index (χ1v) is 9.43. The smallest absolute Gasteiger partial charge is 0.274 e. The first-order chi connectivity index (χ1) is 12.8. The largest absolute Gasteiger partial charge is 0.319 e. The van der Waals surface area contributed by atoms with E-state index < -0.39 is 5.91 Å². The molecule has 1 aromatic carbocycles. The molecule has 0 aliphatic rings. The first kappa shape index (κ1) is 20.1. The van der Waals surface area contributed by atoms with E-state index in [1.165, 1.54) is 35.1 Å². The monoisotopic (exact) mass is 506 g/mol. The maximum Gasteiger partial charge on any atom is 0.274 e. The molecule has 0 unspecified atom stereocenters. The van der Waals surface area contributed by atoms with E-state index >= 15 is 0 Å². The molecular weight excluding hydrogens is 502 g/mol. The lowest BCUT2D eigenvalue weighted by molar-refractivity contribution is 0.101. The van der Waals surface area contributed by atoms with Crippen molar-refractivity contribution in [3.63, 3.8) is 0 Å². The third-order valence-electron chi connectivity index (χ3n) is 3.35. The number of anilines is 1. The Morgan fingerprint density at radius 1 is 1.07 bits per heavy atom. The number of carbonyl (C=O) groups excluding carboxylic acids is 2. The quantitative estimate of drug-likeness (QED) is 0.458. The van der Waals surface area contributed by atoms with Crippen LogP contribution in [0.5, 0.6) is 0 Å². The van der Waals surface area contributed by atoms with E-state index in [9.17, 15) is 9.59 Å². The van der Waals surface area contributed by atoms with Crippen molar-refractivity contribution < 1.29 is 9.59 Å². The summed E-state index contributed by atoms with van der Waals surface area (Å²) < 4.78 is 1.61. The van der Waals surface area contributed by atoms with Gasteiger partial charge in [-0.25, -0.2) is 9.67 Å². The summed E-state index contributed by atoms with van der Waals surface area (Å²) in [5.41, 5.74) is 0.357. The van der Waals surface area contributed by atoms with Crippen molar-refractivity contribution in [3.8, 4) is 5.82 Å². The normalized spacial score (nSPS) is 10.7. The summed E-state index contributed by atoms with van der Waals surface area (Å²) in [6.45, 7) is 0. The molecule has 2 aromatic heterocycles. The van der Waals surface area contributed by atoms with Gasteiger partial charge in [-0.1, -0.05) is 46.4 Å². The number of pyridine rings is 1. The van der Waals surface area contributed by atoms with Gasteiger partial charge in [0.2, 0.25) is 0 Å². The first-order valence-electron chi connectivity index (χ1n) is 7.12. The number of aromatic nitrogens is 3. The molecular formula is C16H7BrCl4N4O2. The molecule has 0 bridgehead atoms. The Morgan fingerprint density at radius 3 is 2.44 bits per heavy atom. The Balaban J connectivity index is 2.04. The number of rotatable bonds is 4. The number of aldehydes is 1. The molecule has 27 heavy (non-hydrogen) atoms. The Morgan fingerprint density at radius 2 is 1.78 bits per heavy atom. The van der Waals surface area contributed by atoms with Crippen molar-refractivity contribution in [3.05, 3.63) is 66.4 Å². The van der Waals surface area contributed by atoms with Gasteiger partial charge in [-0.15, -0.1) is 0 Å². The van der Waals surface area contributed by atoms with Crippen molar-refractivity contribution >= 4 is 80.2 Å². The third-order valence-corrected chi connectivity index (χ3v) is 4.74. The standard InChI is InChI=1S/C16H7BrCl4N4O2/c17-13-4-12(25(24-13)15-11(21)3-9(19)5-22-15)16(27)23-14-7(6-26)1-8(18)2-10(14)20/h1-6H,(H,23,27). The molecule has 0 radical (unpaired) electrons. The molecule has 11 heteroatoms. The van der Waals surface area contributed by atoms with Crippen LogP contribution in [-0.4, -0.2) is 27.0 Å². The van der Waals surface area contributed by atoms with Crippen molar-refractivity contribution in [2.75, 3.05) is 5.32 Å². The van der Waals surface area contributed by atoms with Crippen LogP contribution >= 0.6 is 62.3 Å². The van der Waals surface area contributed by atoms with Crippen LogP contribution in [0.15, 0.2) is 35.1 Å². The zero-order chi connectivity index (χ0) is 19.7. The number of nitrogens with zero attached hydrogens (tertiary/aromatic N) is 3. The zero-order valence-corrected chi connectivity index (χ0v) is 17.6. The Labute approximate surface area is 181 Å². The number of benzene rings is 1. The second-order valence-electron chi connectivity index (χ2n) is 5.15. The molecule has 6 nitrogen and oxygen atoms in total. The highest BCUT2D eigenvalue weighted by Crippen LogP contribution is 2.30. The molecule has 0 saturated carbocycles. The Hall–Kier alpha value is -1.64. The van der Waals surface area contributed by atoms with Crippen LogP contribution in [-0.2, 0) is 0 Å².